The van der Waals surface area contributed by atoms with E-state index in [1.807, 2.05) is 24.3 Å². The molecule has 2 atom stereocenters. The first-order chi connectivity index (χ1) is 7.63. The van der Waals surface area contributed by atoms with Gasteiger partial charge >= 0.3 is 5.97 Å². The Bertz CT molecular complexity index is 571. The van der Waals surface area contributed by atoms with Crippen LogP contribution in [0.25, 0.3) is 11.0 Å². The summed E-state index contributed by atoms with van der Waals surface area (Å²) < 4.78 is 10.6. The predicted octanol–water partition coefficient (Wildman–Crippen LogP) is 2.35. The molecule has 1 saturated heterocycles. The summed E-state index contributed by atoms with van der Waals surface area (Å²) in [5, 5.41) is 9.93. The van der Waals surface area contributed by atoms with Crippen LogP contribution in [0.4, 0.5) is 0 Å². The molecule has 0 bridgehead atoms. The van der Waals surface area contributed by atoms with Crippen molar-refractivity contribution in [2.24, 2.45) is 0 Å². The van der Waals surface area contributed by atoms with Crippen LogP contribution in [-0.4, -0.2) is 16.7 Å². The van der Waals surface area contributed by atoms with Crippen LogP contribution in [0.1, 0.15) is 18.6 Å². The molecule has 1 N–H and O–H groups in total. The summed E-state index contributed by atoms with van der Waals surface area (Å²) in [6.07, 6.45) is 1.21. The molecule has 0 aliphatic carbocycles. The van der Waals surface area contributed by atoms with Crippen molar-refractivity contribution >= 4 is 16.9 Å². The number of hydrogen-bond acceptors (Lipinski definition) is 3. The minimum Gasteiger partial charge on any atom is -0.479 e. The first-order valence-electron chi connectivity index (χ1n) is 5.00. The number of carboxylic acid groups (broad SMARTS) is 1. The fraction of sp³-hybridized carbons (Fsp3) is 0.250. The number of epoxide rings is 1. The third kappa shape index (κ3) is 1.10. The number of fused-ring (bicyclic) bond motifs is 1. The molecule has 3 rings (SSSR count). The van der Waals surface area contributed by atoms with Gasteiger partial charge in [0.1, 0.15) is 11.7 Å². The van der Waals surface area contributed by atoms with Gasteiger partial charge in [-0.3, -0.25) is 0 Å². The molecule has 4 heteroatoms. The molecule has 1 aromatic carbocycles. The molecule has 82 valence electrons. The minimum atomic E-state index is -1.09. The van der Waals surface area contributed by atoms with Gasteiger partial charge in [-0.15, -0.1) is 0 Å². The largest absolute Gasteiger partial charge is 0.479 e. The molecule has 1 aromatic heterocycles. The summed E-state index contributed by atoms with van der Waals surface area (Å²) in [6, 6.07) is 7.38. The van der Waals surface area contributed by atoms with Gasteiger partial charge in [0, 0.05) is 5.39 Å². The highest BCUT2D eigenvalue weighted by Crippen LogP contribution is 2.51. The first-order valence-corrected chi connectivity index (χ1v) is 5.00. The Balaban J connectivity index is 2.09. The highest BCUT2D eigenvalue weighted by Gasteiger charge is 2.60. The van der Waals surface area contributed by atoms with Gasteiger partial charge in [-0.1, -0.05) is 12.1 Å². The second-order valence-electron chi connectivity index (χ2n) is 4.09. The molecule has 1 aliphatic heterocycles. The molecular formula is C12H10O4. The first kappa shape index (κ1) is 9.42. The van der Waals surface area contributed by atoms with E-state index in [0.717, 1.165) is 16.5 Å². The number of ether oxygens (including phenoxy) is 1. The van der Waals surface area contributed by atoms with E-state index in [1.165, 1.54) is 0 Å². The summed E-state index contributed by atoms with van der Waals surface area (Å²) in [4.78, 5) is 11.0. The molecule has 0 spiro atoms. The zero-order valence-corrected chi connectivity index (χ0v) is 8.64. The van der Waals surface area contributed by atoms with Gasteiger partial charge in [-0.2, -0.15) is 0 Å². The van der Waals surface area contributed by atoms with Crippen molar-refractivity contribution < 1.29 is 19.1 Å². The Hall–Kier alpha value is -1.81. The summed E-state index contributed by atoms with van der Waals surface area (Å²) in [5.74, 6) is -0.932. The molecule has 1 fully saturated rings. The molecule has 0 amide bonds. The average molecular weight is 218 g/mol. The second kappa shape index (κ2) is 2.86. The van der Waals surface area contributed by atoms with Crippen LogP contribution in [0.2, 0.25) is 0 Å². The third-order valence-electron chi connectivity index (χ3n) is 3.04. The van der Waals surface area contributed by atoms with Crippen molar-refractivity contribution in [3.8, 4) is 0 Å². The van der Waals surface area contributed by atoms with E-state index in [0.29, 0.717) is 0 Å². The number of aliphatic carboxylic acids is 1. The zero-order chi connectivity index (χ0) is 11.3. The zero-order valence-electron chi connectivity index (χ0n) is 8.64. The summed E-state index contributed by atoms with van der Waals surface area (Å²) in [7, 11) is 0. The number of benzene rings is 1. The van der Waals surface area contributed by atoms with Crippen LogP contribution in [0.5, 0.6) is 0 Å². The number of hydrogen-bond donors (Lipinski definition) is 1. The van der Waals surface area contributed by atoms with Crippen molar-refractivity contribution in [1.29, 1.82) is 0 Å². The third-order valence-corrected chi connectivity index (χ3v) is 3.04. The number of rotatable bonds is 2. The van der Waals surface area contributed by atoms with E-state index in [1.54, 1.807) is 13.2 Å². The van der Waals surface area contributed by atoms with Gasteiger partial charge in [-0.25, -0.2) is 4.79 Å². The highest BCUT2D eigenvalue weighted by molar-refractivity contribution is 5.86. The molecule has 2 heterocycles. The van der Waals surface area contributed by atoms with E-state index in [-0.39, 0.29) is 6.10 Å². The lowest BCUT2D eigenvalue weighted by Crippen LogP contribution is -2.20. The maximum absolute atomic E-state index is 11.0. The van der Waals surface area contributed by atoms with Crippen LogP contribution in [0, 0.1) is 0 Å². The predicted molar refractivity (Wildman–Crippen MR) is 56.1 cm³/mol. The molecule has 0 radical (unpaired) electrons. The van der Waals surface area contributed by atoms with Gasteiger partial charge in [0.15, 0.2) is 5.60 Å². The van der Waals surface area contributed by atoms with Crippen molar-refractivity contribution in [3.05, 3.63) is 36.1 Å². The van der Waals surface area contributed by atoms with Gasteiger partial charge in [-0.05, 0) is 24.6 Å². The summed E-state index contributed by atoms with van der Waals surface area (Å²) in [6.45, 7) is 1.58. The number of furan rings is 1. The van der Waals surface area contributed by atoms with E-state index in [2.05, 4.69) is 0 Å². The monoisotopic (exact) mass is 218 g/mol. The van der Waals surface area contributed by atoms with Crippen molar-refractivity contribution in [2.75, 3.05) is 0 Å². The average Bonchev–Trinajstić information content (AvgIpc) is 2.75. The Morgan fingerprint density at radius 1 is 1.44 bits per heavy atom. The molecule has 16 heavy (non-hydrogen) atoms. The summed E-state index contributed by atoms with van der Waals surface area (Å²) >= 11 is 0. The van der Waals surface area contributed by atoms with Crippen LogP contribution in [0.3, 0.4) is 0 Å². The van der Waals surface area contributed by atoms with E-state index in [9.17, 15) is 4.79 Å². The van der Waals surface area contributed by atoms with Gasteiger partial charge in [0.25, 0.3) is 0 Å². The molecule has 2 aromatic rings. The molecular weight excluding hydrogens is 208 g/mol. The van der Waals surface area contributed by atoms with Crippen molar-refractivity contribution in [3.63, 3.8) is 0 Å². The Morgan fingerprint density at radius 2 is 2.25 bits per heavy atom. The maximum Gasteiger partial charge on any atom is 0.338 e. The van der Waals surface area contributed by atoms with E-state index >= 15 is 0 Å². The Labute approximate surface area is 91.4 Å². The normalized spacial score (nSPS) is 28.2. The lowest BCUT2D eigenvalue weighted by molar-refractivity contribution is -0.142. The summed E-state index contributed by atoms with van der Waals surface area (Å²) in [5.41, 5.74) is 0.530. The van der Waals surface area contributed by atoms with Crippen LogP contribution >= 0.6 is 0 Å². The minimum absolute atomic E-state index is 0.383. The SMILES string of the molecule is CC1(C(=O)O)OC1c1cccc2occc12. The molecule has 1 aliphatic rings. The fourth-order valence-electron chi connectivity index (χ4n) is 1.98. The van der Waals surface area contributed by atoms with Crippen molar-refractivity contribution in [1.82, 2.24) is 0 Å². The smallest absolute Gasteiger partial charge is 0.338 e. The standard InChI is InChI=1S/C12H10O4/c1-12(11(13)14)10(16-12)8-3-2-4-9-7(8)5-6-15-9/h2-6,10H,1H3,(H,13,14). The number of carbonyl (C=O) groups is 1. The van der Waals surface area contributed by atoms with Crippen molar-refractivity contribution in [2.45, 2.75) is 18.6 Å². The Kier molecular flexibility index (Phi) is 1.68. The van der Waals surface area contributed by atoms with Crippen LogP contribution < -0.4 is 0 Å². The van der Waals surface area contributed by atoms with E-state index in [4.69, 9.17) is 14.3 Å². The van der Waals surface area contributed by atoms with Gasteiger partial charge in [0.2, 0.25) is 0 Å². The quantitative estimate of drug-likeness (QED) is 0.786. The van der Waals surface area contributed by atoms with Gasteiger partial charge in [0.05, 0.1) is 6.26 Å². The lowest BCUT2D eigenvalue weighted by Gasteiger charge is -2.00. The fourth-order valence-corrected chi connectivity index (χ4v) is 1.98. The molecule has 2 unspecified atom stereocenters. The highest BCUT2D eigenvalue weighted by atomic mass is 16.6. The second-order valence-corrected chi connectivity index (χ2v) is 4.09. The number of carboxylic acids is 1. The molecule has 4 nitrogen and oxygen atoms in total. The van der Waals surface area contributed by atoms with Gasteiger partial charge < -0.3 is 14.3 Å². The van der Waals surface area contributed by atoms with Crippen LogP contribution in [-0.2, 0) is 9.53 Å². The maximum atomic E-state index is 11.0. The lowest BCUT2D eigenvalue weighted by atomic mass is 9.99. The Morgan fingerprint density at radius 3 is 2.94 bits per heavy atom. The van der Waals surface area contributed by atoms with Crippen LogP contribution in [0.15, 0.2) is 34.9 Å². The van der Waals surface area contributed by atoms with E-state index < -0.39 is 11.6 Å². The topological polar surface area (TPSA) is 63.0 Å². The molecule has 0 saturated carbocycles.